The number of carbonyl (C=O) groups is 2. The molecule has 1 aromatic rings. The van der Waals surface area contributed by atoms with Crippen molar-refractivity contribution in [1.82, 2.24) is 9.80 Å². The molecule has 0 radical (unpaired) electrons. The van der Waals surface area contributed by atoms with Gasteiger partial charge in [-0.1, -0.05) is 17.8 Å². The number of morpholine rings is 1. The number of amides is 1. The van der Waals surface area contributed by atoms with Crippen molar-refractivity contribution in [1.29, 1.82) is 0 Å². The van der Waals surface area contributed by atoms with Crippen LogP contribution in [0.1, 0.15) is 38.8 Å². The van der Waals surface area contributed by atoms with Gasteiger partial charge < -0.3 is 28.7 Å². The number of rotatable bonds is 7. The van der Waals surface area contributed by atoms with Crippen LogP contribution in [0.5, 0.6) is 11.5 Å². The standard InChI is InChI=1S/C25H31N3O6S/c1-15(2)34-24(30)22-16(3)26-25-28(23(22)17-6-7-19(31-4)20(12-17)32-5)18(14-35-25)13-21(29)27-8-10-33-11-9-27/h6-7,12,14-15,23H,8-11,13H2,1-5H3/t23-/m1/s1. The molecule has 4 rings (SSSR count). The van der Waals surface area contributed by atoms with Gasteiger partial charge in [-0.05, 0) is 43.9 Å². The van der Waals surface area contributed by atoms with Crippen LogP contribution < -0.4 is 9.47 Å². The lowest BCUT2D eigenvalue weighted by Gasteiger charge is -2.37. The molecule has 3 aliphatic heterocycles. The van der Waals surface area contributed by atoms with E-state index in [2.05, 4.69) is 0 Å². The highest BCUT2D eigenvalue weighted by Gasteiger charge is 2.42. The van der Waals surface area contributed by atoms with Crippen molar-refractivity contribution in [3.8, 4) is 11.5 Å². The molecule has 0 bridgehead atoms. The number of aliphatic imine (C=N–C) groups is 1. The summed E-state index contributed by atoms with van der Waals surface area (Å²) in [5, 5.41) is 2.66. The van der Waals surface area contributed by atoms with E-state index in [9.17, 15) is 9.59 Å². The molecular weight excluding hydrogens is 470 g/mol. The first-order valence-electron chi connectivity index (χ1n) is 11.6. The Morgan fingerprint density at radius 2 is 1.89 bits per heavy atom. The molecule has 0 aliphatic carbocycles. The van der Waals surface area contributed by atoms with Gasteiger partial charge >= 0.3 is 5.97 Å². The highest BCUT2D eigenvalue weighted by atomic mass is 32.2. The van der Waals surface area contributed by atoms with Crippen molar-refractivity contribution in [2.24, 2.45) is 4.99 Å². The number of carbonyl (C=O) groups excluding carboxylic acids is 2. The van der Waals surface area contributed by atoms with Crippen LogP contribution in [0.3, 0.4) is 0 Å². The highest BCUT2D eigenvalue weighted by Crippen LogP contribution is 2.46. The van der Waals surface area contributed by atoms with Gasteiger partial charge in [-0.25, -0.2) is 9.79 Å². The van der Waals surface area contributed by atoms with Crippen LogP contribution in [0.2, 0.25) is 0 Å². The lowest BCUT2D eigenvalue weighted by molar-refractivity contribution is -0.143. The van der Waals surface area contributed by atoms with E-state index in [1.165, 1.54) is 11.8 Å². The van der Waals surface area contributed by atoms with E-state index < -0.39 is 12.0 Å². The minimum atomic E-state index is -0.535. The Morgan fingerprint density at radius 3 is 2.54 bits per heavy atom. The Balaban J connectivity index is 1.74. The predicted octanol–water partition coefficient (Wildman–Crippen LogP) is 3.48. The van der Waals surface area contributed by atoms with Crippen LogP contribution in [0.15, 0.2) is 45.6 Å². The Hall–Kier alpha value is -2.98. The van der Waals surface area contributed by atoms with Gasteiger partial charge in [0, 0.05) is 18.8 Å². The summed E-state index contributed by atoms with van der Waals surface area (Å²) in [6.07, 6.45) is -0.0912. The predicted molar refractivity (Wildman–Crippen MR) is 133 cm³/mol. The first-order valence-corrected chi connectivity index (χ1v) is 12.4. The van der Waals surface area contributed by atoms with Crippen molar-refractivity contribution in [3.05, 3.63) is 46.1 Å². The summed E-state index contributed by atoms with van der Waals surface area (Å²) in [6, 6.07) is 5.03. The number of thioether (sulfide) groups is 1. The molecular formula is C25H31N3O6S. The van der Waals surface area contributed by atoms with Crippen LogP contribution >= 0.6 is 11.8 Å². The van der Waals surface area contributed by atoms with Gasteiger partial charge in [0.15, 0.2) is 16.7 Å². The first kappa shape index (κ1) is 25.1. The molecule has 0 spiro atoms. The van der Waals surface area contributed by atoms with E-state index in [1.807, 2.05) is 54.2 Å². The third-order valence-electron chi connectivity index (χ3n) is 5.98. The molecule has 10 heteroatoms. The number of nitrogens with zero attached hydrogens (tertiary/aromatic N) is 3. The van der Waals surface area contributed by atoms with Crippen LogP contribution in [-0.4, -0.2) is 73.5 Å². The Labute approximate surface area is 209 Å². The SMILES string of the molecule is COc1ccc([C@@H]2C(C(=O)OC(C)C)=C(C)N=C3SC=C(CC(=O)N4CCOCC4)N32)cc1OC. The minimum Gasteiger partial charge on any atom is -0.493 e. The molecule has 188 valence electrons. The Kier molecular flexibility index (Phi) is 7.71. The van der Waals surface area contributed by atoms with Crippen molar-refractivity contribution in [3.63, 3.8) is 0 Å². The van der Waals surface area contributed by atoms with Gasteiger partial charge in [0.05, 0.1) is 57.3 Å². The fourth-order valence-electron chi connectivity index (χ4n) is 4.33. The summed E-state index contributed by atoms with van der Waals surface area (Å²) >= 11 is 1.45. The number of benzene rings is 1. The van der Waals surface area contributed by atoms with E-state index in [4.69, 9.17) is 23.9 Å². The molecule has 1 amide bonds. The van der Waals surface area contributed by atoms with E-state index >= 15 is 0 Å². The summed E-state index contributed by atoms with van der Waals surface area (Å²) in [4.78, 5) is 34.9. The van der Waals surface area contributed by atoms with Gasteiger partial charge in [0.2, 0.25) is 5.91 Å². The van der Waals surface area contributed by atoms with E-state index in [1.54, 1.807) is 14.2 Å². The van der Waals surface area contributed by atoms with Gasteiger partial charge in [0.25, 0.3) is 0 Å². The number of methoxy groups -OCH3 is 2. The van der Waals surface area contributed by atoms with Gasteiger partial charge in [0.1, 0.15) is 0 Å². The zero-order valence-electron chi connectivity index (χ0n) is 20.7. The summed E-state index contributed by atoms with van der Waals surface area (Å²) in [5.41, 5.74) is 2.61. The second-order valence-corrected chi connectivity index (χ2v) is 9.47. The molecule has 9 nitrogen and oxygen atoms in total. The normalized spacial score (nSPS) is 19.9. The van der Waals surface area contributed by atoms with E-state index in [0.29, 0.717) is 54.2 Å². The second kappa shape index (κ2) is 10.7. The molecule has 0 N–H and O–H groups in total. The number of allylic oxidation sites excluding steroid dienone is 1. The third-order valence-corrected chi connectivity index (χ3v) is 6.87. The minimum absolute atomic E-state index is 0.0186. The van der Waals surface area contributed by atoms with E-state index in [-0.39, 0.29) is 18.4 Å². The topological polar surface area (TPSA) is 89.9 Å². The maximum atomic E-state index is 13.3. The lowest BCUT2D eigenvalue weighted by atomic mass is 9.93. The van der Waals surface area contributed by atoms with Gasteiger partial charge in [-0.3, -0.25) is 4.79 Å². The molecule has 35 heavy (non-hydrogen) atoms. The van der Waals surface area contributed by atoms with Gasteiger partial charge in [-0.2, -0.15) is 0 Å². The lowest BCUT2D eigenvalue weighted by Crippen LogP contribution is -2.42. The highest BCUT2D eigenvalue weighted by molar-refractivity contribution is 8.16. The fourth-order valence-corrected chi connectivity index (χ4v) is 5.29. The average Bonchev–Trinajstić information content (AvgIpc) is 3.24. The molecule has 1 fully saturated rings. The summed E-state index contributed by atoms with van der Waals surface area (Å²) in [5.74, 6) is 0.716. The maximum absolute atomic E-state index is 13.3. The summed E-state index contributed by atoms with van der Waals surface area (Å²) < 4.78 is 21.9. The average molecular weight is 502 g/mol. The van der Waals surface area contributed by atoms with Crippen LogP contribution in [0, 0.1) is 0 Å². The Bertz CT molecular complexity index is 1090. The zero-order valence-corrected chi connectivity index (χ0v) is 21.5. The fraction of sp³-hybridized carbons (Fsp3) is 0.480. The van der Waals surface area contributed by atoms with Crippen molar-refractivity contribution < 1.29 is 28.5 Å². The Morgan fingerprint density at radius 1 is 1.17 bits per heavy atom. The number of esters is 1. The molecule has 3 heterocycles. The van der Waals surface area contributed by atoms with E-state index in [0.717, 1.165) is 11.3 Å². The number of hydrogen-bond donors (Lipinski definition) is 0. The first-order chi connectivity index (χ1) is 16.8. The zero-order chi connectivity index (χ0) is 25.1. The quantitative estimate of drug-likeness (QED) is 0.525. The molecule has 0 saturated carbocycles. The third kappa shape index (κ3) is 5.18. The number of amidine groups is 1. The van der Waals surface area contributed by atoms with Crippen LogP contribution in [0.4, 0.5) is 0 Å². The molecule has 1 atom stereocenters. The van der Waals surface area contributed by atoms with Crippen molar-refractivity contribution in [2.75, 3.05) is 40.5 Å². The largest absolute Gasteiger partial charge is 0.493 e. The molecule has 1 saturated heterocycles. The van der Waals surface area contributed by atoms with Crippen LogP contribution in [0.25, 0.3) is 0 Å². The second-order valence-electron chi connectivity index (χ2n) is 8.63. The van der Waals surface area contributed by atoms with Crippen LogP contribution in [-0.2, 0) is 19.1 Å². The number of ether oxygens (including phenoxy) is 4. The monoisotopic (exact) mass is 501 g/mol. The smallest absolute Gasteiger partial charge is 0.338 e. The van der Waals surface area contributed by atoms with Crippen molar-refractivity contribution >= 4 is 28.8 Å². The van der Waals surface area contributed by atoms with Gasteiger partial charge in [-0.15, -0.1) is 0 Å². The molecule has 0 aromatic heterocycles. The molecule has 1 aromatic carbocycles. The van der Waals surface area contributed by atoms with Crippen molar-refractivity contribution in [2.45, 2.75) is 39.3 Å². The molecule has 0 unspecified atom stereocenters. The molecule has 3 aliphatic rings. The number of hydrogen-bond acceptors (Lipinski definition) is 9. The summed E-state index contributed by atoms with van der Waals surface area (Å²) in [6.45, 7) is 7.67. The maximum Gasteiger partial charge on any atom is 0.338 e. The summed E-state index contributed by atoms with van der Waals surface area (Å²) in [7, 11) is 3.15. The number of fused-ring (bicyclic) bond motifs is 1.